The molecule has 6 nitrogen and oxygen atoms in total. The van der Waals surface area contributed by atoms with Crippen molar-refractivity contribution in [2.24, 2.45) is 0 Å². The van der Waals surface area contributed by atoms with Gasteiger partial charge in [-0.3, -0.25) is 14.5 Å². The smallest absolute Gasteiger partial charge is 0.270 e. The molecular weight excluding hydrogens is 391 g/mol. The van der Waals surface area contributed by atoms with E-state index in [4.69, 9.17) is 0 Å². The van der Waals surface area contributed by atoms with E-state index in [2.05, 4.69) is 26.2 Å². The Morgan fingerprint density at radius 2 is 1.84 bits per heavy atom. The Morgan fingerprint density at radius 3 is 2.44 bits per heavy atom. The zero-order valence-corrected chi connectivity index (χ0v) is 15.1. The molecule has 0 radical (unpaired) electrons. The number of hydrogen-bond acceptors (Lipinski definition) is 3. The summed E-state index contributed by atoms with van der Waals surface area (Å²) >= 11 is 3.32. The Kier molecular flexibility index (Phi) is 5.50. The Bertz CT molecular complexity index is 754. The van der Waals surface area contributed by atoms with Crippen molar-refractivity contribution >= 4 is 33.4 Å². The van der Waals surface area contributed by atoms with Gasteiger partial charge in [-0.1, -0.05) is 0 Å². The number of H-pyrrole nitrogens is 1. The average Bonchev–Trinajstić information content (AvgIpc) is 3.03. The third kappa shape index (κ3) is 4.67. The van der Waals surface area contributed by atoms with Gasteiger partial charge < -0.3 is 15.2 Å². The largest absolute Gasteiger partial charge is 0.356 e. The van der Waals surface area contributed by atoms with E-state index in [1.807, 2.05) is 4.90 Å². The second-order valence-electron chi connectivity index (χ2n) is 5.85. The number of carbonyl (C=O) groups excluding carboxylic acids is 2. The maximum atomic E-state index is 12.9. The molecule has 0 saturated carbocycles. The summed E-state index contributed by atoms with van der Waals surface area (Å²) in [5.41, 5.74) is 1.12. The number of rotatable bonds is 4. The molecule has 1 aromatic heterocycles. The molecule has 0 atom stereocenters. The number of aromatic amines is 1. The Hall–Kier alpha value is -2.19. The van der Waals surface area contributed by atoms with E-state index < -0.39 is 0 Å². The fourth-order valence-corrected chi connectivity index (χ4v) is 3.05. The molecule has 25 heavy (non-hydrogen) atoms. The molecule has 132 valence electrons. The second-order valence-corrected chi connectivity index (χ2v) is 6.77. The SMILES string of the molecule is O=C(CN1CCN(C(=O)c2cc(Br)c[nH]2)CC1)Nc1ccc(F)cc1. The van der Waals surface area contributed by atoms with E-state index in [1.165, 1.54) is 24.3 Å². The average molecular weight is 409 g/mol. The van der Waals surface area contributed by atoms with Crippen LogP contribution in [0.15, 0.2) is 41.0 Å². The quantitative estimate of drug-likeness (QED) is 0.815. The minimum Gasteiger partial charge on any atom is -0.356 e. The number of carbonyl (C=O) groups is 2. The minimum absolute atomic E-state index is 0.0406. The number of halogens is 2. The monoisotopic (exact) mass is 408 g/mol. The van der Waals surface area contributed by atoms with Gasteiger partial charge in [0.1, 0.15) is 11.5 Å². The number of anilines is 1. The van der Waals surface area contributed by atoms with Gasteiger partial charge in [0.2, 0.25) is 5.91 Å². The number of piperazine rings is 1. The molecule has 0 bridgehead atoms. The number of aromatic nitrogens is 1. The first-order valence-corrected chi connectivity index (χ1v) is 8.71. The van der Waals surface area contributed by atoms with Gasteiger partial charge in [-0.15, -0.1) is 0 Å². The van der Waals surface area contributed by atoms with Crippen LogP contribution in [0.2, 0.25) is 0 Å². The predicted octanol–water partition coefficient (Wildman–Crippen LogP) is 2.31. The van der Waals surface area contributed by atoms with E-state index in [1.54, 1.807) is 17.2 Å². The number of nitrogens with one attached hydrogen (secondary N) is 2. The maximum Gasteiger partial charge on any atom is 0.270 e. The van der Waals surface area contributed by atoms with Crippen LogP contribution in [0.25, 0.3) is 0 Å². The molecule has 2 heterocycles. The highest BCUT2D eigenvalue weighted by atomic mass is 79.9. The highest BCUT2D eigenvalue weighted by molar-refractivity contribution is 9.10. The lowest BCUT2D eigenvalue weighted by Crippen LogP contribution is -2.50. The molecule has 2 aromatic rings. The van der Waals surface area contributed by atoms with Crippen LogP contribution in [0, 0.1) is 5.82 Å². The van der Waals surface area contributed by atoms with E-state index >= 15 is 0 Å². The normalized spacial score (nSPS) is 15.2. The van der Waals surface area contributed by atoms with Gasteiger partial charge in [-0.25, -0.2) is 4.39 Å². The van der Waals surface area contributed by atoms with Crippen LogP contribution in [-0.2, 0) is 4.79 Å². The summed E-state index contributed by atoms with van der Waals surface area (Å²) in [6, 6.07) is 7.42. The van der Waals surface area contributed by atoms with Crippen molar-refractivity contribution in [2.75, 3.05) is 38.0 Å². The molecule has 1 saturated heterocycles. The topological polar surface area (TPSA) is 68.4 Å². The zero-order chi connectivity index (χ0) is 17.8. The zero-order valence-electron chi connectivity index (χ0n) is 13.5. The third-order valence-electron chi connectivity index (χ3n) is 4.03. The molecule has 8 heteroatoms. The molecular formula is C17H18BrFN4O2. The van der Waals surface area contributed by atoms with Crippen LogP contribution >= 0.6 is 15.9 Å². The van der Waals surface area contributed by atoms with Gasteiger partial charge in [0.15, 0.2) is 0 Å². The first kappa shape index (κ1) is 17.6. The van der Waals surface area contributed by atoms with Crippen LogP contribution in [0.4, 0.5) is 10.1 Å². The molecule has 0 unspecified atom stereocenters. The molecule has 1 aliphatic heterocycles. The van der Waals surface area contributed by atoms with Gasteiger partial charge in [0.25, 0.3) is 5.91 Å². The molecule has 0 spiro atoms. The summed E-state index contributed by atoms with van der Waals surface area (Å²) in [6.07, 6.45) is 1.73. The number of benzene rings is 1. The van der Waals surface area contributed by atoms with Crippen LogP contribution in [0.3, 0.4) is 0 Å². The molecule has 3 rings (SSSR count). The third-order valence-corrected chi connectivity index (χ3v) is 4.49. The maximum absolute atomic E-state index is 12.9. The van der Waals surface area contributed by atoms with Crippen molar-refractivity contribution in [2.45, 2.75) is 0 Å². The predicted molar refractivity (Wildman–Crippen MR) is 95.9 cm³/mol. The number of nitrogens with zero attached hydrogens (tertiary/aromatic N) is 2. The van der Waals surface area contributed by atoms with Gasteiger partial charge in [0, 0.05) is 42.5 Å². The highest BCUT2D eigenvalue weighted by Crippen LogP contribution is 2.14. The van der Waals surface area contributed by atoms with Gasteiger partial charge in [0.05, 0.1) is 6.54 Å². The lowest BCUT2D eigenvalue weighted by molar-refractivity contribution is -0.117. The molecule has 0 aliphatic carbocycles. The van der Waals surface area contributed by atoms with Crippen LogP contribution < -0.4 is 5.32 Å². The summed E-state index contributed by atoms with van der Waals surface area (Å²) in [7, 11) is 0. The Morgan fingerprint density at radius 1 is 1.16 bits per heavy atom. The summed E-state index contributed by atoms with van der Waals surface area (Å²) in [5, 5.41) is 2.74. The first-order valence-electron chi connectivity index (χ1n) is 7.92. The highest BCUT2D eigenvalue weighted by Gasteiger charge is 2.24. The van der Waals surface area contributed by atoms with Gasteiger partial charge in [-0.2, -0.15) is 0 Å². The van der Waals surface area contributed by atoms with Crippen molar-refractivity contribution < 1.29 is 14.0 Å². The van der Waals surface area contributed by atoms with Crippen LogP contribution in [0.5, 0.6) is 0 Å². The van der Waals surface area contributed by atoms with Crippen molar-refractivity contribution in [1.82, 2.24) is 14.8 Å². The fourth-order valence-electron chi connectivity index (χ4n) is 2.71. The molecule has 1 aliphatic rings. The summed E-state index contributed by atoms with van der Waals surface area (Å²) < 4.78 is 13.7. The molecule has 2 N–H and O–H groups in total. The number of hydrogen-bond donors (Lipinski definition) is 2. The fraction of sp³-hybridized carbons (Fsp3) is 0.294. The first-order chi connectivity index (χ1) is 12.0. The number of amides is 2. The van der Waals surface area contributed by atoms with E-state index in [0.717, 1.165) is 4.47 Å². The summed E-state index contributed by atoms with van der Waals surface area (Å²) in [4.78, 5) is 31.1. The Balaban J connectivity index is 1.46. The van der Waals surface area contributed by atoms with Gasteiger partial charge in [-0.05, 0) is 46.3 Å². The van der Waals surface area contributed by atoms with Crippen molar-refractivity contribution in [3.63, 3.8) is 0 Å². The lowest BCUT2D eigenvalue weighted by atomic mass is 10.2. The lowest BCUT2D eigenvalue weighted by Gasteiger charge is -2.34. The second kappa shape index (κ2) is 7.79. The summed E-state index contributed by atoms with van der Waals surface area (Å²) in [6.45, 7) is 2.64. The molecule has 1 aromatic carbocycles. The van der Waals surface area contributed by atoms with Crippen molar-refractivity contribution in [3.8, 4) is 0 Å². The van der Waals surface area contributed by atoms with Crippen molar-refractivity contribution in [3.05, 3.63) is 52.5 Å². The van der Waals surface area contributed by atoms with E-state index in [9.17, 15) is 14.0 Å². The Labute approximate surface area is 153 Å². The standard InChI is InChI=1S/C17H18BrFN4O2/c18-12-9-15(20-10-12)17(25)23-7-5-22(6-8-23)11-16(24)21-14-3-1-13(19)2-4-14/h1-4,9-10,20H,5-8,11H2,(H,21,24). The van der Waals surface area contributed by atoms with E-state index in [0.29, 0.717) is 37.6 Å². The van der Waals surface area contributed by atoms with Crippen molar-refractivity contribution in [1.29, 1.82) is 0 Å². The summed E-state index contributed by atoms with van der Waals surface area (Å²) in [5.74, 6) is -0.534. The van der Waals surface area contributed by atoms with Gasteiger partial charge >= 0.3 is 0 Å². The minimum atomic E-state index is -0.340. The van der Waals surface area contributed by atoms with Crippen LogP contribution in [0.1, 0.15) is 10.5 Å². The van der Waals surface area contributed by atoms with Crippen LogP contribution in [-0.4, -0.2) is 59.3 Å². The van der Waals surface area contributed by atoms with E-state index in [-0.39, 0.29) is 24.2 Å². The molecule has 1 fully saturated rings. The molecule has 2 amide bonds.